The number of amides is 1. The summed E-state index contributed by atoms with van der Waals surface area (Å²) in [6.07, 6.45) is 1.04. The van der Waals surface area contributed by atoms with Crippen LogP contribution in [-0.2, 0) is 14.3 Å². The van der Waals surface area contributed by atoms with Crippen LogP contribution >= 0.6 is 0 Å². The zero-order valence-electron chi connectivity index (χ0n) is 21.1. The number of piperazine rings is 1. The molecule has 1 saturated heterocycles. The number of nitrogens with zero attached hydrogens (tertiary/aromatic N) is 3. The predicted octanol–water partition coefficient (Wildman–Crippen LogP) is 3.59. The standard InChI is InChI=1S/C27H37N3O5/c1-4-34-27(32)13-15-30(22(2)31)24-11-12-25(26(21-24)33-3)35-20-8-14-28-16-18-29(19-17-28)23-9-6-5-7-10-23/h5-7,9-12,21H,4,8,13-20H2,1-3H3. The number of benzene rings is 2. The summed E-state index contributed by atoms with van der Waals surface area (Å²) >= 11 is 0. The van der Waals surface area contributed by atoms with Gasteiger partial charge in [-0.1, -0.05) is 18.2 Å². The van der Waals surface area contributed by atoms with Crippen LogP contribution in [-0.4, -0.2) is 76.4 Å². The molecule has 0 bridgehead atoms. The Morgan fingerprint density at radius 3 is 2.40 bits per heavy atom. The summed E-state index contributed by atoms with van der Waals surface area (Å²) < 4.78 is 16.5. The minimum absolute atomic E-state index is 0.133. The summed E-state index contributed by atoms with van der Waals surface area (Å²) in [6.45, 7) is 9.50. The van der Waals surface area contributed by atoms with E-state index in [1.807, 2.05) is 18.2 Å². The number of carbonyl (C=O) groups is 2. The van der Waals surface area contributed by atoms with Crippen LogP contribution in [0.3, 0.4) is 0 Å². The second-order valence-electron chi connectivity index (χ2n) is 8.43. The van der Waals surface area contributed by atoms with E-state index in [1.165, 1.54) is 17.5 Å². The van der Waals surface area contributed by atoms with Gasteiger partial charge in [0.05, 0.1) is 26.7 Å². The summed E-state index contributed by atoms with van der Waals surface area (Å²) in [4.78, 5) is 30.3. The quantitative estimate of drug-likeness (QED) is 0.337. The maximum Gasteiger partial charge on any atom is 0.307 e. The van der Waals surface area contributed by atoms with E-state index in [-0.39, 0.29) is 24.8 Å². The first kappa shape index (κ1) is 26.3. The Bertz CT molecular complexity index is 945. The van der Waals surface area contributed by atoms with Crippen LogP contribution < -0.4 is 19.3 Å². The number of anilines is 2. The molecular formula is C27H37N3O5. The first-order chi connectivity index (χ1) is 17.0. The summed E-state index contributed by atoms with van der Waals surface area (Å²) in [5.74, 6) is 0.713. The van der Waals surface area contributed by atoms with Crippen molar-refractivity contribution in [1.82, 2.24) is 4.90 Å². The van der Waals surface area contributed by atoms with E-state index in [0.29, 0.717) is 30.4 Å². The van der Waals surface area contributed by atoms with Crippen LogP contribution in [0.4, 0.5) is 11.4 Å². The molecular weight excluding hydrogens is 446 g/mol. The zero-order chi connectivity index (χ0) is 25.0. The third-order valence-electron chi connectivity index (χ3n) is 6.05. The average Bonchev–Trinajstić information content (AvgIpc) is 2.88. The van der Waals surface area contributed by atoms with Crippen molar-refractivity contribution in [3.05, 3.63) is 48.5 Å². The third kappa shape index (κ3) is 7.89. The minimum Gasteiger partial charge on any atom is -0.493 e. The molecule has 190 valence electrons. The van der Waals surface area contributed by atoms with Gasteiger partial charge in [-0.05, 0) is 37.6 Å². The van der Waals surface area contributed by atoms with Crippen molar-refractivity contribution < 1.29 is 23.8 Å². The first-order valence-electron chi connectivity index (χ1n) is 12.3. The number of hydrogen-bond donors (Lipinski definition) is 0. The maximum atomic E-state index is 12.2. The number of carbonyl (C=O) groups excluding carboxylic acids is 2. The lowest BCUT2D eigenvalue weighted by molar-refractivity contribution is -0.142. The minimum atomic E-state index is -0.327. The van der Waals surface area contributed by atoms with Crippen molar-refractivity contribution in [1.29, 1.82) is 0 Å². The predicted molar refractivity (Wildman–Crippen MR) is 137 cm³/mol. The summed E-state index contributed by atoms with van der Waals surface area (Å²) in [6, 6.07) is 15.9. The normalized spacial score (nSPS) is 13.9. The SMILES string of the molecule is CCOC(=O)CCN(C(C)=O)c1ccc(OCCCN2CCN(c3ccccc3)CC2)c(OC)c1. The maximum absolute atomic E-state index is 12.2. The molecule has 1 amide bonds. The number of hydrogen-bond acceptors (Lipinski definition) is 7. The number of ether oxygens (including phenoxy) is 3. The fourth-order valence-corrected chi connectivity index (χ4v) is 4.19. The molecule has 0 spiro atoms. The molecule has 1 fully saturated rings. The lowest BCUT2D eigenvalue weighted by atomic mass is 10.2. The van der Waals surface area contributed by atoms with Crippen LogP contribution in [0.25, 0.3) is 0 Å². The van der Waals surface area contributed by atoms with Gasteiger partial charge in [0, 0.05) is 63.6 Å². The van der Waals surface area contributed by atoms with Gasteiger partial charge in [0.1, 0.15) is 0 Å². The Morgan fingerprint density at radius 2 is 1.74 bits per heavy atom. The monoisotopic (exact) mass is 483 g/mol. The molecule has 2 aromatic carbocycles. The van der Waals surface area contributed by atoms with Crippen LogP contribution in [0.5, 0.6) is 11.5 Å². The lowest BCUT2D eigenvalue weighted by Crippen LogP contribution is -2.46. The largest absolute Gasteiger partial charge is 0.493 e. The highest BCUT2D eigenvalue weighted by atomic mass is 16.5. The topological polar surface area (TPSA) is 71.6 Å². The smallest absolute Gasteiger partial charge is 0.307 e. The lowest BCUT2D eigenvalue weighted by Gasteiger charge is -2.36. The third-order valence-corrected chi connectivity index (χ3v) is 6.05. The molecule has 0 aromatic heterocycles. The summed E-state index contributed by atoms with van der Waals surface area (Å²) in [5, 5.41) is 0. The van der Waals surface area contributed by atoms with Crippen molar-refractivity contribution in [3.8, 4) is 11.5 Å². The molecule has 2 aromatic rings. The van der Waals surface area contributed by atoms with Gasteiger partial charge in [0.15, 0.2) is 11.5 Å². The molecule has 8 nitrogen and oxygen atoms in total. The van der Waals surface area contributed by atoms with E-state index in [9.17, 15) is 9.59 Å². The van der Waals surface area contributed by atoms with Crippen LogP contribution in [0, 0.1) is 0 Å². The van der Waals surface area contributed by atoms with E-state index in [1.54, 1.807) is 20.1 Å². The molecule has 0 radical (unpaired) electrons. The van der Waals surface area contributed by atoms with Crippen molar-refractivity contribution >= 4 is 23.3 Å². The molecule has 0 N–H and O–H groups in total. The number of para-hydroxylation sites is 1. The molecule has 1 aliphatic rings. The van der Waals surface area contributed by atoms with Gasteiger partial charge in [0.2, 0.25) is 5.91 Å². The average molecular weight is 484 g/mol. The highest BCUT2D eigenvalue weighted by Gasteiger charge is 2.18. The Morgan fingerprint density at radius 1 is 1.00 bits per heavy atom. The van der Waals surface area contributed by atoms with E-state index >= 15 is 0 Å². The molecule has 0 atom stereocenters. The Labute approximate surface area is 208 Å². The van der Waals surface area contributed by atoms with Gasteiger partial charge in [-0.15, -0.1) is 0 Å². The van der Waals surface area contributed by atoms with Gasteiger partial charge >= 0.3 is 5.97 Å². The molecule has 1 aliphatic heterocycles. The number of rotatable bonds is 12. The van der Waals surface area contributed by atoms with Crippen LogP contribution in [0.15, 0.2) is 48.5 Å². The van der Waals surface area contributed by atoms with Crippen LogP contribution in [0.2, 0.25) is 0 Å². The Balaban J connectivity index is 1.46. The fourth-order valence-electron chi connectivity index (χ4n) is 4.19. The highest BCUT2D eigenvalue weighted by Crippen LogP contribution is 2.32. The molecule has 0 unspecified atom stereocenters. The van der Waals surface area contributed by atoms with Crippen molar-refractivity contribution in [2.45, 2.75) is 26.7 Å². The fraction of sp³-hybridized carbons (Fsp3) is 0.481. The van der Waals surface area contributed by atoms with Gasteiger partial charge in [0.25, 0.3) is 0 Å². The molecule has 0 aliphatic carbocycles. The van der Waals surface area contributed by atoms with E-state index in [2.05, 4.69) is 34.1 Å². The first-order valence-corrected chi connectivity index (χ1v) is 12.3. The molecule has 1 heterocycles. The molecule has 3 rings (SSSR count). The van der Waals surface area contributed by atoms with Gasteiger partial charge in [-0.25, -0.2) is 0 Å². The molecule has 8 heteroatoms. The van der Waals surface area contributed by atoms with Crippen molar-refractivity contribution in [2.24, 2.45) is 0 Å². The Hall–Kier alpha value is -3.26. The highest BCUT2D eigenvalue weighted by molar-refractivity contribution is 5.92. The second-order valence-corrected chi connectivity index (χ2v) is 8.43. The zero-order valence-corrected chi connectivity index (χ0v) is 21.1. The second kappa shape index (κ2) is 13.6. The molecule has 35 heavy (non-hydrogen) atoms. The number of esters is 1. The van der Waals surface area contributed by atoms with Gasteiger partial charge in [-0.2, -0.15) is 0 Å². The number of methoxy groups -OCH3 is 1. The van der Waals surface area contributed by atoms with E-state index in [4.69, 9.17) is 14.2 Å². The van der Waals surface area contributed by atoms with E-state index in [0.717, 1.165) is 39.1 Å². The Kier molecular flexibility index (Phi) is 10.2. The van der Waals surface area contributed by atoms with Gasteiger partial charge in [-0.3, -0.25) is 14.5 Å². The van der Waals surface area contributed by atoms with Crippen LogP contribution in [0.1, 0.15) is 26.7 Å². The van der Waals surface area contributed by atoms with Crippen molar-refractivity contribution in [2.75, 3.05) is 69.4 Å². The molecule has 0 saturated carbocycles. The summed E-state index contributed by atoms with van der Waals surface area (Å²) in [5.41, 5.74) is 1.94. The van der Waals surface area contributed by atoms with E-state index < -0.39 is 0 Å². The summed E-state index contributed by atoms with van der Waals surface area (Å²) in [7, 11) is 1.58. The van der Waals surface area contributed by atoms with Crippen molar-refractivity contribution in [3.63, 3.8) is 0 Å². The van der Waals surface area contributed by atoms with Gasteiger partial charge < -0.3 is 24.0 Å².